The van der Waals surface area contributed by atoms with Crippen molar-refractivity contribution in [2.24, 2.45) is 0 Å². The molecule has 1 amide bonds. The van der Waals surface area contributed by atoms with Crippen LogP contribution in [0.25, 0.3) is 0 Å². The van der Waals surface area contributed by atoms with Crippen molar-refractivity contribution in [1.82, 2.24) is 9.62 Å². The lowest BCUT2D eigenvalue weighted by molar-refractivity contribution is 0.0963. The largest absolute Gasteiger partial charge is 0.493 e. The van der Waals surface area contributed by atoms with Crippen molar-refractivity contribution in [2.45, 2.75) is 17.9 Å². The molecule has 2 aromatic rings. The van der Waals surface area contributed by atoms with Crippen molar-refractivity contribution in [2.75, 3.05) is 20.7 Å². The van der Waals surface area contributed by atoms with E-state index in [2.05, 4.69) is 5.32 Å². The Morgan fingerprint density at radius 1 is 1.20 bits per heavy atom. The standard InChI is InChI=1S/C18H20N2O4S/c1-19-18(21)14-5-3-13(4-6-14)12-20(2)25(22,23)16-7-8-17-15(11-16)9-10-24-17/h3-8,11H,9-10,12H2,1-2H3,(H,19,21). The van der Waals surface area contributed by atoms with Crippen molar-refractivity contribution < 1.29 is 17.9 Å². The number of carbonyl (C=O) groups excluding carboxylic acids is 1. The van der Waals surface area contributed by atoms with Crippen LogP contribution in [-0.4, -0.2) is 39.3 Å². The summed E-state index contributed by atoms with van der Waals surface area (Å²) in [6.07, 6.45) is 0.726. The van der Waals surface area contributed by atoms with Gasteiger partial charge in [-0.2, -0.15) is 4.31 Å². The predicted octanol–water partition coefficient (Wildman–Crippen LogP) is 1.80. The minimum atomic E-state index is -3.59. The number of fused-ring (bicyclic) bond motifs is 1. The maximum Gasteiger partial charge on any atom is 0.251 e. The molecule has 0 aliphatic carbocycles. The van der Waals surface area contributed by atoms with Crippen LogP contribution in [0.3, 0.4) is 0 Å². The third kappa shape index (κ3) is 3.52. The lowest BCUT2D eigenvalue weighted by Gasteiger charge is -2.18. The molecule has 0 bridgehead atoms. The van der Waals surface area contributed by atoms with E-state index in [1.54, 1.807) is 56.6 Å². The van der Waals surface area contributed by atoms with Crippen LogP contribution in [0.4, 0.5) is 0 Å². The van der Waals surface area contributed by atoms with Gasteiger partial charge in [0.1, 0.15) is 5.75 Å². The number of sulfonamides is 1. The number of ether oxygens (including phenoxy) is 1. The predicted molar refractivity (Wildman–Crippen MR) is 94.1 cm³/mol. The van der Waals surface area contributed by atoms with Gasteiger partial charge in [-0.1, -0.05) is 12.1 Å². The molecule has 0 fully saturated rings. The van der Waals surface area contributed by atoms with E-state index in [1.165, 1.54) is 4.31 Å². The minimum absolute atomic E-state index is 0.173. The maximum atomic E-state index is 12.8. The van der Waals surface area contributed by atoms with Gasteiger partial charge < -0.3 is 10.1 Å². The zero-order chi connectivity index (χ0) is 18.0. The average Bonchev–Trinajstić information content (AvgIpc) is 3.09. The van der Waals surface area contributed by atoms with Crippen molar-refractivity contribution in [1.29, 1.82) is 0 Å². The first-order valence-corrected chi connectivity index (χ1v) is 9.39. The second-order valence-corrected chi connectivity index (χ2v) is 7.95. The molecular formula is C18H20N2O4S. The Morgan fingerprint density at radius 3 is 2.60 bits per heavy atom. The summed E-state index contributed by atoms with van der Waals surface area (Å²) >= 11 is 0. The summed E-state index contributed by atoms with van der Waals surface area (Å²) < 4.78 is 32.3. The molecule has 0 radical (unpaired) electrons. The first-order chi connectivity index (χ1) is 11.9. The highest BCUT2D eigenvalue weighted by Gasteiger charge is 2.23. The van der Waals surface area contributed by atoms with Crippen molar-refractivity contribution in [3.8, 4) is 5.75 Å². The highest BCUT2D eigenvalue weighted by atomic mass is 32.2. The molecule has 1 heterocycles. The highest BCUT2D eigenvalue weighted by Crippen LogP contribution is 2.28. The quantitative estimate of drug-likeness (QED) is 0.882. The van der Waals surface area contributed by atoms with Gasteiger partial charge in [0.25, 0.3) is 5.91 Å². The third-order valence-electron chi connectivity index (χ3n) is 4.22. The fraction of sp³-hybridized carbons (Fsp3) is 0.278. The summed E-state index contributed by atoms with van der Waals surface area (Å²) in [5.74, 6) is 0.583. The summed E-state index contributed by atoms with van der Waals surface area (Å²) in [5.41, 5.74) is 2.27. The SMILES string of the molecule is CNC(=O)c1ccc(CN(C)S(=O)(=O)c2ccc3c(c2)CCO3)cc1. The van der Waals surface area contributed by atoms with Gasteiger partial charge in [0.15, 0.2) is 0 Å². The molecule has 7 heteroatoms. The number of nitrogens with one attached hydrogen (secondary N) is 1. The topological polar surface area (TPSA) is 75.7 Å². The lowest BCUT2D eigenvalue weighted by atomic mass is 10.1. The fourth-order valence-electron chi connectivity index (χ4n) is 2.75. The molecule has 0 spiro atoms. The summed E-state index contributed by atoms with van der Waals surface area (Å²) in [6, 6.07) is 11.8. The maximum absolute atomic E-state index is 12.8. The number of hydrogen-bond donors (Lipinski definition) is 1. The van der Waals surface area contributed by atoms with Gasteiger partial charge in [-0.05, 0) is 41.5 Å². The molecule has 1 aliphatic rings. The summed E-state index contributed by atoms with van der Waals surface area (Å²) in [6.45, 7) is 0.816. The van der Waals surface area contributed by atoms with Crippen LogP contribution in [0.5, 0.6) is 5.75 Å². The Balaban J connectivity index is 1.77. The van der Waals surface area contributed by atoms with Gasteiger partial charge in [0.05, 0.1) is 11.5 Å². The summed E-state index contributed by atoms with van der Waals surface area (Å²) in [4.78, 5) is 11.8. The molecule has 0 unspecified atom stereocenters. The van der Waals surface area contributed by atoms with Crippen LogP contribution in [0.1, 0.15) is 21.5 Å². The second kappa shape index (κ2) is 6.85. The smallest absolute Gasteiger partial charge is 0.251 e. The monoisotopic (exact) mass is 360 g/mol. The van der Waals surface area contributed by atoms with Crippen LogP contribution in [-0.2, 0) is 23.0 Å². The zero-order valence-corrected chi connectivity index (χ0v) is 15.0. The van der Waals surface area contributed by atoms with Crippen molar-refractivity contribution >= 4 is 15.9 Å². The van der Waals surface area contributed by atoms with Gasteiger partial charge in [0, 0.05) is 32.6 Å². The molecule has 6 nitrogen and oxygen atoms in total. The van der Waals surface area contributed by atoms with Gasteiger partial charge in [-0.15, -0.1) is 0 Å². The van der Waals surface area contributed by atoms with E-state index in [0.717, 1.165) is 23.3 Å². The number of rotatable bonds is 5. The van der Waals surface area contributed by atoms with Gasteiger partial charge in [-0.25, -0.2) is 8.42 Å². The molecular weight excluding hydrogens is 340 g/mol. The Bertz CT molecular complexity index is 892. The molecule has 0 saturated carbocycles. The van der Waals surface area contributed by atoms with E-state index >= 15 is 0 Å². The number of benzene rings is 2. The van der Waals surface area contributed by atoms with E-state index in [-0.39, 0.29) is 17.3 Å². The zero-order valence-electron chi connectivity index (χ0n) is 14.2. The van der Waals surface area contributed by atoms with Gasteiger partial charge in [-0.3, -0.25) is 4.79 Å². The van der Waals surface area contributed by atoms with E-state index in [0.29, 0.717) is 12.2 Å². The molecule has 0 saturated heterocycles. The van der Waals surface area contributed by atoms with E-state index in [9.17, 15) is 13.2 Å². The Hall–Kier alpha value is -2.38. The molecule has 0 atom stereocenters. The lowest BCUT2D eigenvalue weighted by Crippen LogP contribution is -2.26. The average molecular weight is 360 g/mol. The molecule has 1 N–H and O–H groups in total. The minimum Gasteiger partial charge on any atom is -0.493 e. The molecule has 3 rings (SSSR count). The first kappa shape index (κ1) is 17.4. The number of amides is 1. The van der Waals surface area contributed by atoms with E-state index in [4.69, 9.17) is 4.74 Å². The van der Waals surface area contributed by atoms with Crippen LogP contribution in [0.15, 0.2) is 47.4 Å². The Kier molecular flexibility index (Phi) is 4.78. The number of hydrogen-bond acceptors (Lipinski definition) is 4. The molecule has 0 aromatic heterocycles. The molecule has 1 aliphatic heterocycles. The van der Waals surface area contributed by atoms with Crippen LogP contribution < -0.4 is 10.1 Å². The normalized spacial score (nSPS) is 13.4. The Morgan fingerprint density at radius 2 is 1.92 bits per heavy atom. The van der Waals surface area contributed by atoms with Crippen LogP contribution in [0, 0.1) is 0 Å². The Labute approximate surface area is 147 Å². The second-order valence-electron chi connectivity index (χ2n) is 5.91. The third-order valence-corrected chi connectivity index (χ3v) is 6.02. The molecule has 2 aromatic carbocycles. The molecule has 25 heavy (non-hydrogen) atoms. The fourth-order valence-corrected chi connectivity index (χ4v) is 3.96. The summed E-state index contributed by atoms with van der Waals surface area (Å²) in [5, 5.41) is 2.55. The highest BCUT2D eigenvalue weighted by molar-refractivity contribution is 7.89. The van der Waals surface area contributed by atoms with E-state index < -0.39 is 10.0 Å². The van der Waals surface area contributed by atoms with Gasteiger partial charge in [0.2, 0.25) is 10.0 Å². The summed E-state index contributed by atoms with van der Waals surface area (Å²) in [7, 11) is -0.476. The van der Waals surface area contributed by atoms with Gasteiger partial charge >= 0.3 is 0 Å². The number of carbonyl (C=O) groups is 1. The van der Waals surface area contributed by atoms with Crippen molar-refractivity contribution in [3.63, 3.8) is 0 Å². The van der Waals surface area contributed by atoms with E-state index in [1.807, 2.05) is 0 Å². The van der Waals surface area contributed by atoms with Crippen LogP contribution in [0.2, 0.25) is 0 Å². The number of nitrogens with zero attached hydrogens (tertiary/aromatic N) is 1. The van der Waals surface area contributed by atoms with Crippen LogP contribution >= 0.6 is 0 Å². The van der Waals surface area contributed by atoms with Crippen molar-refractivity contribution in [3.05, 3.63) is 59.2 Å². The first-order valence-electron chi connectivity index (χ1n) is 7.95. The molecule has 132 valence electrons.